The first kappa shape index (κ1) is 14.6. The molecule has 1 heterocycles. The largest absolute Gasteiger partial charge is 0.491 e. The Balaban J connectivity index is 1.86. The fourth-order valence-electron chi connectivity index (χ4n) is 1.51. The number of hydrogen-bond donors (Lipinski definition) is 0. The molecule has 2 aromatic rings. The Morgan fingerprint density at radius 3 is 2.74 bits per heavy atom. The summed E-state index contributed by atoms with van der Waals surface area (Å²) in [4.78, 5) is 8.28. The van der Waals surface area contributed by atoms with Gasteiger partial charge < -0.3 is 4.74 Å². The highest BCUT2D eigenvalue weighted by atomic mass is 79.9. The number of thioether (sulfide) groups is 1. The van der Waals surface area contributed by atoms with Gasteiger partial charge in [-0.3, -0.25) is 0 Å². The predicted octanol–water partition coefficient (Wildman–Crippen LogP) is 4.37. The summed E-state index contributed by atoms with van der Waals surface area (Å²) in [6.07, 6.45) is 3.46. The summed E-state index contributed by atoms with van der Waals surface area (Å²) in [5.41, 5.74) is 1.01. The van der Waals surface area contributed by atoms with Crippen molar-refractivity contribution in [1.82, 2.24) is 9.97 Å². The minimum atomic E-state index is 0.587. The van der Waals surface area contributed by atoms with E-state index in [4.69, 9.17) is 16.3 Å². The van der Waals surface area contributed by atoms with Crippen molar-refractivity contribution in [2.24, 2.45) is 0 Å². The zero-order valence-corrected chi connectivity index (χ0v) is 13.4. The van der Waals surface area contributed by atoms with E-state index in [1.807, 2.05) is 19.1 Å². The Hall–Kier alpha value is -0.780. The van der Waals surface area contributed by atoms with Crippen LogP contribution in [0, 0.1) is 6.92 Å². The molecule has 0 atom stereocenters. The molecular weight excluding hydrogens is 348 g/mol. The lowest BCUT2D eigenvalue weighted by atomic mass is 10.2. The monoisotopic (exact) mass is 358 g/mol. The molecule has 0 amide bonds. The Morgan fingerprint density at radius 1 is 1.32 bits per heavy atom. The Labute approximate surface area is 129 Å². The summed E-state index contributed by atoms with van der Waals surface area (Å²) < 4.78 is 6.64. The van der Waals surface area contributed by atoms with Gasteiger partial charge in [0.15, 0.2) is 5.16 Å². The van der Waals surface area contributed by atoms with Crippen LogP contribution >= 0.6 is 39.3 Å². The fourth-order valence-corrected chi connectivity index (χ4v) is 3.21. The lowest BCUT2D eigenvalue weighted by Gasteiger charge is -2.11. The van der Waals surface area contributed by atoms with Gasteiger partial charge in [0.05, 0.1) is 11.1 Å². The maximum absolute atomic E-state index is 5.96. The van der Waals surface area contributed by atoms with Crippen molar-refractivity contribution in [2.75, 3.05) is 12.4 Å². The second kappa shape index (κ2) is 7.12. The molecule has 0 spiro atoms. The molecule has 1 aromatic carbocycles. The minimum Gasteiger partial charge on any atom is -0.491 e. The number of aryl methyl sites for hydroxylation is 1. The van der Waals surface area contributed by atoms with E-state index >= 15 is 0 Å². The lowest BCUT2D eigenvalue weighted by Crippen LogP contribution is -2.02. The van der Waals surface area contributed by atoms with Gasteiger partial charge in [0.2, 0.25) is 0 Å². The molecule has 6 heteroatoms. The van der Waals surface area contributed by atoms with Gasteiger partial charge in [-0.05, 0) is 46.6 Å². The smallest absolute Gasteiger partial charge is 0.187 e. The normalized spacial score (nSPS) is 10.5. The third kappa shape index (κ3) is 4.37. The maximum atomic E-state index is 5.96. The molecule has 1 aromatic heterocycles. The molecule has 0 radical (unpaired) electrons. The van der Waals surface area contributed by atoms with Crippen LogP contribution in [0.5, 0.6) is 5.75 Å². The van der Waals surface area contributed by atoms with Crippen LogP contribution in [0.15, 0.2) is 40.2 Å². The third-order valence-electron chi connectivity index (χ3n) is 2.30. The average Bonchev–Trinajstić information content (AvgIpc) is 2.38. The van der Waals surface area contributed by atoms with E-state index in [9.17, 15) is 0 Å². The second-order valence-corrected chi connectivity index (χ2v) is 6.11. The van der Waals surface area contributed by atoms with E-state index in [1.54, 1.807) is 30.2 Å². The van der Waals surface area contributed by atoms with Crippen molar-refractivity contribution in [1.29, 1.82) is 0 Å². The summed E-state index contributed by atoms with van der Waals surface area (Å²) in [6.45, 7) is 2.56. The maximum Gasteiger partial charge on any atom is 0.187 e. The van der Waals surface area contributed by atoms with Gasteiger partial charge in [-0.25, -0.2) is 9.97 Å². The van der Waals surface area contributed by atoms with Crippen LogP contribution in [0.3, 0.4) is 0 Å². The van der Waals surface area contributed by atoms with Crippen molar-refractivity contribution < 1.29 is 4.74 Å². The van der Waals surface area contributed by atoms with Crippen LogP contribution in [0.2, 0.25) is 5.02 Å². The quantitative estimate of drug-likeness (QED) is 0.451. The first-order valence-corrected chi connectivity index (χ1v) is 7.81. The topological polar surface area (TPSA) is 35.0 Å². The number of halogens is 2. The average molecular weight is 360 g/mol. The molecule has 19 heavy (non-hydrogen) atoms. The number of nitrogens with zero attached hydrogens (tertiary/aromatic N) is 2. The molecule has 0 bridgehead atoms. The Morgan fingerprint density at radius 2 is 2.05 bits per heavy atom. The van der Waals surface area contributed by atoms with Gasteiger partial charge in [0.1, 0.15) is 5.75 Å². The van der Waals surface area contributed by atoms with Gasteiger partial charge in [-0.2, -0.15) is 0 Å². The zero-order chi connectivity index (χ0) is 13.7. The van der Waals surface area contributed by atoms with Crippen LogP contribution < -0.4 is 4.74 Å². The van der Waals surface area contributed by atoms with Crippen molar-refractivity contribution in [3.8, 4) is 5.75 Å². The number of aromatic nitrogens is 2. The number of benzene rings is 1. The molecule has 0 saturated heterocycles. The first-order chi connectivity index (χ1) is 9.16. The summed E-state index contributed by atoms with van der Waals surface area (Å²) in [7, 11) is 0. The molecule has 0 fully saturated rings. The molecular formula is C13H12BrClN2OS. The van der Waals surface area contributed by atoms with Crippen molar-refractivity contribution >= 4 is 39.3 Å². The van der Waals surface area contributed by atoms with Crippen LogP contribution in [-0.4, -0.2) is 22.3 Å². The molecule has 100 valence electrons. The number of rotatable bonds is 5. The fraction of sp³-hybridized carbons (Fsp3) is 0.231. The molecule has 0 saturated carbocycles. The predicted molar refractivity (Wildman–Crippen MR) is 82.1 cm³/mol. The molecule has 0 aliphatic carbocycles. The summed E-state index contributed by atoms with van der Waals surface area (Å²) in [5.74, 6) is 1.62. The molecule has 0 aliphatic heterocycles. The molecule has 0 N–H and O–H groups in total. The number of hydrogen-bond acceptors (Lipinski definition) is 4. The van der Waals surface area contributed by atoms with Crippen LogP contribution in [0.1, 0.15) is 5.56 Å². The lowest BCUT2D eigenvalue weighted by molar-refractivity contribution is 0.339. The van der Waals surface area contributed by atoms with Crippen LogP contribution in [0.25, 0.3) is 0 Å². The first-order valence-electron chi connectivity index (χ1n) is 5.65. The van der Waals surface area contributed by atoms with E-state index in [2.05, 4.69) is 25.9 Å². The van der Waals surface area contributed by atoms with Crippen LogP contribution in [0.4, 0.5) is 0 Å². The highest BCUT2D eigenvalue weighted by Crippen LogP contribution is 2.32. The van der Waals surface area contributed by atoms with E-state index in [0.29, 0.717) is 11.6 Å². The zero-order valence-electron chi connectivity index (χ0n) is 10.3. The van der Waals surface area contributed by atoms with E-state index < -0.39 is 0 Å². The van der Waals surface area contributed by atoms with Crippen molar-refractivity contribution in [3.05, 3.63) is 45.7 Å². The van der Waals surface area contributed by atoms with E-state index in [0.717, 1.165) is 26.7 Å². The van der Waals surface area contributed by atoms with E-state index in [-0.39, 0.29) is 0 Å². The number of ether oxygens (including phenoxy) is 1. The Kier molecular flexibility index (Phi) is 5.48. The SMILES string of the molecule is Cc1cc(Cl)cc(Br)c1OCCSc1ncccn1. The highest BCUT2D eigenvalue weighted by Gasteiger charge is 2.07. The van der Waals surface area contributed by atoms with Gasteiger partial charge >= 0.3 is 0 Å². The van der Waals surface area contributed by atoms with Gasteiger partial charge in [0, 0.05) is 23.2 Å². The van der Waals surface area contributed by atoms with Crippen molar-refractivity contribution in [2.45, 2.75) is 12.1 Å². The summed E-state index contributed by atoms with van der Waals surface area (Å²) in [6, 6.07) is 5.52. The highest BCUT2D eigenvalue weighted by molar-refractivity contribution is 9.10. The second-order valence-electron chi connectivity index (χ2n) is 3.76. The summed E-state index contributed by atoms with van der Waals surface area (Å²) >= 11 is 11.0. The molecule has 0 aliphatic rings. The van der Waals surface area contributed by atoms with Gasteiger partial charge in [0.25, 0.3) is 0 Å². The molecule has 0 unspecified atom stereocenters. The minimum absolute atomic E-state index is 0.587. The standard InChI is InChI=1S/C13H12BrClN2OS/c1-9-7-10(15)8-11(14)12(9)18-5-6-19-13-16-3-2-4-17-13/h2-4,7-8H,5-6H2,1H3. The third-order valence-corrected chi connectivity index (χ3v) is 3.94. The molecule has 2 rings (SSSR count). The van der Waals surface area contributed by atoms with Crippen LogP contribution in [-0.2, 0) is 0 Å². The van der Waals surface area contributed by atoms with E-state index in [1.165, 1.54) is 0 Å². The molecule has 3 nitrogen and oxygen atoms in total. The summed E-state index contributed by atoms with van der Waals surface area (Å²) in [5, 5.41) is 1.46. The van der Waals surface area contributed by atoms with Gasteiger partial charge in [-0.1, -0.05) is 23.4 Å². The van der Waals surface area contributed by atoms with Gasteiger partial charge in [-0.15, -0.1) is 0 Å². The Bertz CT molecular complexity index is 531. The van der Waals surface area contributed by atoms with Crippen molar-refractivity contribution in [3.63, 3.8) is 0 Å².